The van der Waals surface area contributed by atoms with E-state index < -0.39 is 5.91 Å². The first-order chi connectivity index (χ1) is 13.1. The molecular weight excluding hydrogens is 364 g/mol. The van der Waals surface area contributed by atoms with Gasteiger partial charge in [0.1, 0.15) is 28.9 Å². The number of ether oxygens (including phenoxy) is 1. The number of halogens is 1. The van der Waals surface area contributed by atoms with Crippen molar-refractivity contribution in [2.24, 2.45) is 0 Å². The van der Waals surface area contributed by atoms with Crippen LogP contribution >= 0.6 is 11.6 Å². The van der Waals surface area contributed by atoms with Crippen LogP contribution in [0.25, 0.3) is 17.4 Å². The molecule has 2 aromatic carbocycles. The fraction of sp³-hybridized carbons (Fsp3) is 0.0476. The molecule has 5 nitrogen and oxygen atoms in total. The Kier molecular flexibility index (Phi) is 5.60. The van der Waals surface area contributed by atoms with Gasteiger partial charge < -0.3 is 14.5 Å². The predicted molar refractivity (Wildman–Crippen MR) is 104 cm³/mol. The number of carbonyl (C=O) groups is 1. The molecule has 1 N–H and O–H groups in total. The van der Waals surface area contributed by atoms with E-state index in [-0.39, 0.29) is 5.57 Å². The van der Waals surface area contributed by atoms with E-state index in [0.717, 1.165) is 5.56 Å². The number of methoxy groups -OCH3 is 1. The second-order valence-corrected chi connectivity index (χ2v) is 6.00. The minimum atomic E-state index is -0.525. The van der Waals surface area contributed by atoms with Gasteiger partial charge in [0.2, 0.25) is 0 Å². The van der Waals surface area contributed by atoms with E-state index in [4.69, 9.17) is 20.8 Å². The first-order valence-corrected chi connectivity index (χ1v) is 8.40. The highest BCUT2D eigenvalue weighted by molar-refractivity contribution is 6.30. The molecule has 3 rings (SSSR count). The number of nitrogens with one attached hydrogen (secondary N) is 1. The summed E-state index contributed by atoms with van der Waals surface area (Å²) in [6.45, 7) is 0. The molecule has 0 aliphatic carbocycles. The van der Waals surface area contributed by atoms with Crippen LogP contribution in [-0.2, 0) is 4.79 Å². The summed E-state index contributed by atoms with van der Waals surface area (Å²) < 4.78 is 10.8. The summed E-state index contributed by atoms with van der Waals surface area (Å²) in [6.07, 6.45) is 1.40. The lowest BCUT2D eigenvalue weighted by Crippen LogP contribution is -2.13. The van der Waals surface area contributed by atoms with Crippen molar-refractivity contribution < 1.29 is 13.9 Å². The third-order valence-corrected chi connectivity index (χ3v) is 3.97. The van der Waals surface area contributed by atoms with E-state index in [2.05, 4.69) is 5.32 Å². The number of furan rings is 1. The molecule has 134 valence electrons. The monoisotopic (exact) mass is 378 g/mol. The first kappa shape index (κ1) is 18.3. The van der Waals surface area contributed by atoms with Gasteiger partial charge in [-0.15, -0.1) is 0 Å². The van der Waals surface area contributed by atoms with Crippen LogP contribution < -0.4 is 10.1 Å². The zero-order valence-corrected chi connectivity index (χ0v) is 15.2. The Labute approximate surface area is 161 Å². The van der Waals surface area contributed by atoms with Gasteiger partial charge in [-0.3, -0.25) is 4.79 Å². The Morgan fingerprint density at radius 3 is 2.63 bits per heavy atom. The van der Waals surface area contributed by atoms with Crippen molar-refractivity contribution in [3.8, 4) is 23.1 Å². The number of anilines is 1. The molecular formula is C21H15ClN2O3. The maximum atomic E-state index is 12.3. The van der Waals surface area contributed by atoms with E-state index in [1.165, 1.54) is 6.08 Å². The largest absolute Gasteiger partial charge is 0.497 e. The number of hydrogen-bond acceptors (Lipinski definition) is 4. The Morgan fingerprint density at radius 2 is 1.96 bits per heavy atom. The molecule has 0 saturated carbocycles. The van der Waals surface area contributed by atoms with Gasteiger partial charge >= 0.3 is 0 Å². The number of nitrogens with zero attached hydrogens (tertiary/aromatic N) is 1. The van der Waals surface area contributed by atoms with Crippen molar-refractivity contribution in [1.29, 1.82) is 5.26 Å². The van der Waals surface area contributed by atoms with E-state index >= 15 is 0 Å². The zero-order chi connectivity index (χ0) is 19.2. The van der Waals surface area contributed by atoms with Gasteiger partial charge in [0.05, 0.1) is 7.11 Å². The van der Waals surface area contributed by atoms with Gasteiger partial charge in [0.25, 0.3) is 5.91 Å². The lowest BCUT2D eigenvalue weighted by atomic mass is 10.2. The molecule has 6 heteroatoms. The van der Waals surface area contributed by atoms with E-state index in [1.54, 1.807) is 55.6 Å². The Hall–Kier alpha value is -3.49. The van der Waals surface area contributed by atoms with Crippen LogP contribution in [0.2, 0.25) is 5.02 Å². The van der Waals surface area contributed by atoms with E-state index in [9.17, 15) is 10.1 Å². The summed E-state index contributed by atoms with van der Waals surface area (Å²) >= 11 is 5.99. The minimum Gasteiger partial charge on any atom is -0.497 e. The molecule has 0 saturated heterocycles. The highest BCUT2D eigenvalue weighted by Crippen LogP contribution is 2.26. The van der Waals surface area contributed by atoms with Crippen LogP contribution in [0, 0.1) is 11.3 Å². The maximum Gasteiger partial charge on any atom is 0.266 e. The second kappa shape index (κ2) is 8.26. The van der Waals surface area contributed by atoms with Gasteiger partial charge in [0.15, 0.2) is 0 Å². The molecule has 3 aromatic rings. The summed E-state index contributed by atoms with van der Waals surface area (Å²) in [6, 6.07) is 19.4. The fourth-order valence-electron chi connectivity index (χ4n) is 2.39. The highest BCUT2D eigenvalue weighted by Gasteiger charge is 2.12. The molecule has 0 aliphatic heterocycles. The summed E-state index contributed by atoms with van der Waals surface area (Å²) in [5.41, 5.74) is 1.29. The quantitative estimate of drug-likeness (QED) is 0.491. The van der Waals surface area contributed by atoms with Gasteiger partial charge in [-0.1, -0.05) is 23.7 Å². The zero-order valence-electron chi connectivity index (χ0n) is 14.4. The van der Waals surface area contributed by atoms with Crippen molar-refractivity contribution in [2.75, 3.05) is 12.4 Å². The van der Waals surface area contributed by atoms with Crippen LogP contribution in [0.5, 0.6) is 5.75 Å². The topological polar surface area (TPSA) is 75.3 Å². The number of nitriles is 1. The van der Waals surface area contributed by atoms with Crippen molar-refractivity contribution in [3.05, 3.63) is 77.0 Å². The average molecular weight is 379 g/mol. The summed E-state index contributed by atoms with van der Waals surface area (Å²) in [5, 5.41) is 12.6. The minimum absolute atomic E-state index is 0.0715. The van der Waals surface area contributed by atoms with Gasteiger partial charge in [0, 0.05) is 22.3 Å². The number of carbonyl (C=O) groups excluding carboxylic acids is 1. The molecule has 1 heterocycles. The average Bonchev–Trinajstić information content (AvgIpc) is 3.15. The smallest absolute Gasteiger partial charge is 0.266 e. The normalized spacial score (nSPS) is 10.9. The highest BCUT2D eigenvalue weighted by atomic mass is 35.5. The molecule has 0 radical (unpaired) electrons. The van der Waals surface area contributed by atoms with Crippen LogP contribution in [0.15, 0.2) is 70.7 Å². The number of amides is 1. The molecule has 0 unspecified atom stereocenters. The van der Waals surface area contributed by atoms with Crippen molar-refractivity contribution in [2.45, 2.75) is 0 Å². The van der Waals surface area contributed by atoms with Gasteiger partial charge in [-0.25, -0.2) is 0 Å². The van der Waals surface area contributed by atoms with Crippen LogP contribution in [-0.4, -0.2) is 13.0 Å². The lowest BCUT2D eigenvalue weighted by Gasteiger charge is -2.05. The van der Waals surface area contributed by atoms with E-state index in [0.29, 0.717) is 28.0 Å². The SMILES string of the molecule is COc1ccc(NC(=O)/C(C#N)=C/c2ccc(-c3cccc(Cl)c3)o2)cc1. The third-order valence-electron chi connectivity index (χ3n) is 3.74. The van der Waals surface area contributed by atoms with Gasteiger partial charge in [-0.2, -0.15) is 5.26 Å². The fourth-order valence-corrected chi connectivity index (χ4v) is 2.58. The Bertz CT molecular complexity index is 1030. The molecule has 0 aliphatic rings. The van der Waals surface area contributed by atoms with Crippen LogP contribution in [0.1, 0.15) is 5.76 Å². The first-order valence-electron chi connectivity index (χ1n) is 8.02. The summed E-state index contributed by atoms with van der Waals surface area (Å²) in [5.74, 6) is 1.14. The molecule has 0 atom stereocenters. The predicted octanol–water partition coefficient (Wildman–Crippen LogP) is 5.15. The Morgan fingerprint density at radius 1 is 1.19 bits per heavy atom. The molecule has 0 spiro atoms. The third kappa shape index (κ3) is 4.57. The van der Waals surface area contributed by atoms with Crippen molar-refractivity contribution >= 4 is 29.3 Å². The van der Waals surface area contributed by atoms with Crippen molar-refractivity contribution in [1.82, 2.24) is 0 Å². The molecule has 1 aromatic heterocycles. The summed E-state index contributed by atoms with van der Waals surface area (Å²) in [7, 11) is 1.56. The van der Waals surface area contributed by atoms with Crippen LogP contribution in [0.4, 0.5) is 5.69 Å². The molecule has 0 fully saturated rings. The number of rotatable bonds is 5. The number of benzene rings is 2. The second-order valence-electron chi connectivity index (χ2n) is 5.56. The Balaban J connectivity index is 1.77. The van der Waals surface area contributed by atoms with Gasteiger partial charge in [-0.05, 0) is 48.5 Å². The number of hydrogen-bond donors (Lipinski definition) is 1. The van der Waals surface area contributed by atoms with Crippen LogP contribution in [0.3, 0.4) is 0 Å². The molecule has 0 bridgehead atoms. The standard InChI is InChI=1S/C21H15ClN2O3/c1-26-18-7-5-17(6-8-18)24-21(25)15(13-23)12-19-9-10-20(27-19)14-3-2-4-16(22)11-14/h2-12H,1H3,(H,24,25)/b15-12+. The summed E-state index contributed by atoms with van der Waals surface area (Å²) in [4.78, 5) is 12.3. The molecule has 27 heavy (non-hydrogen) atoms. The van der Waals surface area contributed by atoms with E-state index in [1.807, 2.05) is 18.2 Å². The van der Waals surface area contributed by atoms with Crippen molar-refractivity contribution in [3.63, 3.8) is 0 Å². The lowest BCUT2D eigenvalue weighted by molar-refractivity contribution is -0.112. The molecule has 1 amide bonds. The maximum absolute atomic E-state index is 12.3.